The van der Waals surface area contributed by atoms with Crippen LogP contribution in [0.5, 0.6) is 0 Å². The van der Waals surface area contributed by atoms with Gasteiger partial charge in [-0.2, -0.15) is 0 Å². The van der Waals surface area contributed by atoms with Crippen molar-refractivity contribution < 1.29 is 0 Å². The van der Waals surface area contributed by atoms with Gasteiger partial charge in [-0.05, 0) is 0 Å². The van der Waals surface area contributed by atoms with E-state index in [1.165, 1.54) is 17.1 Å². The second-order valence-corrected chi connectivity index (χ2v) is 34.0. The standard InChI is InChI=1S/C36H54As3N/c1-25(2)37(26(3)4)31-13-19-34(20-14-31)40(35-21-15-32(16-22-35)38(27(5)6)28(7)8)36-23-17-33(18-24-36)39(29(9)10)30(11)12/h13-30H,1-12H3. The van der Waals surface area contributed by atoms with Crippen LogP contribution in [-0.4, -0.2) is 44.0 Å². The third kappa shape index (κ3) is 8.15. The van der Waals surface area contributed by atoms with Gasteiger partial charge in [0.15, 0.2) is 0 Å². The van der Waals surface area contributed by atoms with Gasteiger partial charge in [-0.3, -0.25) is 0 Å². The third-order valence-electron chi connectivity index (χ3n) is 7.56. The minimum absolute atomic E-state index is 0.771. The zero-order valence-electron chi connectivity index (χ0n) is 27.2. The fraction of sp³-hybridized carbons (Fsp3) is 0.500. The van der Waals surface area contributed by atoms with Crippen LogP contribution in [0.15, 0.2) is 72.8 Å². The predicted octanol–water partition coefficient (Wildman–Crippen LogP) is 9.72. The number of hydrogen-bond donors (Lipinski definition) is 0. The zero-order valence-corrected chi connectivity index (χ0v) is 32.8. The van der Waals surface area contributed by atoms with Crippen molar-refractivity contribution in [2.45, 2.75) is 111 Å². The Morgan fingerprint density at radius 3 is 0.650 bits per heavy atom. The van der Waals surface area contributed by atoms with Gasteiger partial charge >= 0.3 is 263 Å². The van der Waals surface area contributed by atoms with E-state index in [2.05, 4.69) is 161 Å². The summed E-state index contributed by atoms with van der Waals surface area (Å²) < 4.78 is 9.41. The minimum atomic E-state index is -1.10. The van der Waals surface area contributed by atoms with Crippen LogP contribution in [0.3, 0.4) is 0 Å². The van der Waals surface area contributed by atoms with Crippen LogP contribution in [0.4, 0.5) is 17.1 Å². The molecule has 0 aliphatic heterocycles. The maximum absolute atomic E-state index is 2.48. The van der Waals surface area contributed by atoms with Crippen molar-refractivity contribution in [3.05, 3.63) is 72.8 Å². The van der Waals surface area contributed by atoms with Crippen molar-refractivity contribution in [2.24, 2.45) is 0 Å². The Bertz CT molecular complexity index is 987. The molecular weight excluding hydrogens is 671 g/mol. The van der Waals surface area contributed by atoms with E-state index in [1.54, 1.807) is 13.1 Å². The predicted molar refractivity (Wildman–Crippen MR) is 188 cm³/mol. The fourth-order valence-corrected chi connectivity index (χ4v) is 24.5. The van der Waals surface area contributed by atoms with E-state index in [9.17, 15) is 0 Å². The van der Waals surface area contributed by atoms with E-state index in [0.29, 0.717) is 0 Å². The second kappa shape index (κ2) is 15.0. The number of anilines is 3. The molecule has 0 saturated carbocycles. The summed E-state index contributed by atoms with van der Waals surface area (Å²) in [6, 6.07) is 28.9. The van der Waals surface area contributed by atoms with Crippen LogP contribution in [-0.2, 0) is 0 Å². The van der Waals surface area contributed by atoms with Crippen molar-refractivity contribution in [3.63, 3.8) is 0 Å². The van der Waals surface area contributed by atoms with E-state index in [-0.39, 0.29) is 0 Å². The molecule has 40 heavy (non-hydrogen) atoms. The van der Waals surface area contributed by atoms with Gasteiger partial charge in [0.05, 0.1) is 0 Å². The molecule has 0 amide bonds. The van der Waals surface area contributed by atoms with Gasteiger partial charge in [0.2, 0.25) is 0 Å². The molecule has 0 unspecified atom stereocenters. The molecule has 3 aromatic rings. The van der Waals surface area contributed by atoms with Crippen molar-refractivity contribution in [2.75, 3.05) is 4.90 Å². The van der Waals surface area contributed by atoms with Crippen molar-refractivity contribution in [1.29, 1.82) is 0 Å². The van der Waals surface area contributed by atoms with Crippen LogP contribution in [0.2, 0.25) is 28.2 Å². The van der Waals surface area contributed by atoms with Gasteiger partial charge in [-0.15, -0.1) is 0 Å². The molecule has 0 aromatic heterocycles. The summed E-state index contributed by atoms with van der Waals surface area (Å²) in [5, 5.41) is 0. The summed E-state index contributed by atoms with van der Waals surface area (Å²) >= 11 is -3.31. The Balaban J connectivity index is 2.08. The molecule has 1 nitrogen and oxygen atoms in total. The SMILES string of the molecule is CC(C)[As](c1ccc(N(c2ccc([As](C(C)C)C(C)C)cc2)c2ccc([As](C(C)C)C(C)C)cc2)cc1)C(C)C. The van der Waals surface area contributed by atoms with E-state index in [0.717, 1.165) is 28.2 Å². The first-order chi connectivity index (χ1) is 18.8. The molecule has 3 aromatic carbocycles. The van der Waals surface area contributed by atoms with E-state index >= 15 is 0 Å². The summed E-state index contributed by atoms with van der Waals surface area (Å²) in [4.78, 5) is 2.48. The van der Waals surface area contributed by atoms with E-state index in [4.69, 9.17) is 0 Å². The van der Waals surface area contributed by atoms with Crippen molar-refractivity contribution in [1.82, 2.24) is 0 Å². The molecule has 218 valence electrons. The number of rotatable bonds is 12. The quantitative estimate of drug-likeness (QED) is 0.168. The van der Waals surface area contributed by atoms with Gasteiger partial charge < -0.3 is 0 Å². The molecule has 0 bridgehead atoms. The first-order valence-corrected chi connectivity index (χ1v) is 24.6. The molecule has 0 radical (unpaired) electrons. The Labute approximate surface area is 261 Å². The van der Waals surface area contributed by atoms with E-state index < -0.39 is 44.0 Å². The third-order valence-corrected chi connectivity index (χ3v) is 27.2. The van der Waals surface area contributed by atoms with Crippen molar-refractivity contribution in [3.8, 4) is 0 Å². The topological polar surface area (TPSA) is 3.24 Å². The molecule has 4 heteroatoms. The van der Waals surface area contributed by atoms with Gasteiger partial charge in [-0.1, -0.05) is 0 Å². The molecule has 0 heterocycles. The molecule has 3 rings (SSSR count). The molecular formula is C36H54As3N. The van der Waals surface area contributed by atoms with Gasteiger partial charge in [-0.25, -0.2) is 0 Å². The molecule has 0 spiro atoms. The van der Waals surface area contributed by atoms with E-state index in [1.807, 2.05) is 0 Å². The average Bonchev–Trinajstić information content (AvgIpc) is 2.86. The summed E-state index contributed by atoms with van der Waals surface area (Å²) in [6.07, 6.45) is 0. The Hall–Kier alpha value is -0.865. The summed E-state index contributed by atoms with van der Waals surface area (Å²) in [7, 11) is 0. The van der Waals surface area contributed by atoms with Gasteiger partial charge in [0.1, 0.15) is 0 Å². The molecule has 0 aliphatic rings. The number of nitrogens with zero attached hydrogens (tertiary/aromatic N) is 1. The summed E-state index contributed by atoms with van der Waals surface area (Å²) in [5.41, 5.74) is 3.78. The van der Waals surface area contributed by atoms with Crippen LogP contribution in [0.25, 0.3) is 0 Å². The molecule has 0 atom stereocenters. The molecule has 0 saturated heterocycles. The molecule has 0 fully saturated rings. The Kier molecular flexibility index (Phi) is 12.6. The Morgan fingerprint density at radius 2 is 0.500 bits per heavy atom. The molecule has 0 aliphatic carbocycles. The number of hydrogen-bond acceptors (Lipinski definition) is 1. The second-order valence-electron chi connectivity index (χ2n) is 12.7. The normalized spacial score (nSPS) is 12.5. The summed E-state index contributed by atoms with van der Waals surface area (Å²) in [6.45, 7) is 29.0. The zero-order chi connectivity index (χ0) is 29.7. The van der Waals surface area contributed by atoms with Crippen LogP contribution < -0.4 is 18.0 Å². The van der Waals surface area contributed by atoms with Crippen molar-refractivity contribution >= 4 is 74.1 Å². The average molecular weight is 726 g/mol. The van der Waals surface area contributed by atoms with Gasteiger partial charge in [0.25, 0.3) is 0 Å². The molecule has 0 N–H and O–H groups in total. The summed E-state index contributed by atoms with van der Waals surface area (Å²) in [5.74, 6) is 0. The van der Waals surface area contributed by atoms with Crippen LogP contribution in [0.1, 0.15) is 83.1 Å². The number of benzene rings is 3. The monoisotopic (exact) mass is 725 g/mol. The van der Waals surface area contributed by atoms with Crippen LogP contribution >= 0.6 is 0 Å². The van der Waals surface area contributed by atoms with Crippen LogP contribution in [0, 0.1) is 0 Å². The fourth-order valence-electron chi connectivity index (χ4n) is 6.35. The first-order valence-electron chi connectivity index (χ1n) is 15.3. The first kappa shape index (κ1) is 33.6. The Morgan fingerprint density at radius 1 is 0.325 bits per heavy atom. The maximum atomic E-state index is 2.48. The van der Waals surface area contributed by atoms with Gasteiger partial charge in [0, 0.05) is 0 Å².